The van der Waals surface area contributed by atoms with Crippen molar-refractivity contribution in [3.63, 3.8) is 0 Å². The molecule has 0 radical (unpaired) electrons. The predicted octanol–water partition coefficient (Wildman–Crippen LogP) is 0.760. The van der Waals surface area contributed by atoms with Gasteiger partial charge in [0.1, 0.15) is 6.54 Å². The van der Waals surface area contributed by atoms with Gasteiger partial charge >= 0.3 is 0 Å². The number of carbonyl (C=O) groups is 1. The lowest BCUT2D eigenvalue weighted by Gasteiger charge is -2.05. The van der Waals surface area contributed by atoms with Crippen LogP contribution in [0.25, 0.3) is 0 Å². The Labute approximate surface area is 111 Å². The summed E-state index contributed by atoms with van der Waals surface area (Å²) in [4.78, 5) is 11.8. The highest BCUT2D eigenvalue weighted by atomic mass is 16.3. The van der Waals surface area contributed by atoms with Crippen molar-refractivity contribution in [2.45, 2.75) is 19.9 Å². The minimum Gasteiger partial charge on any atom is -0.396 e. The molecular formula is C13H16N4O2. The minimum atomic E-state index is -0.161. The number of aromatic nitrogens is 3. The first-order valence-corrected chi connectivity index (χ1v) is 6.04. The van der Waals surface area contributed by atoms with Crippen LogP contribution in [-0.4, -0.2) is 32.6 Å². The molecule has 1 aromatic carbocycles. The lowest BCUT2D eigenvalue weighted by molar-refractivity contribution is -0.116. The van der Waals surface area contributed by atoms with Crippen molar-refractivity contribution in [2.75, 3.05) is 11.9 Å². The van der Waals surface area contributed by atoms with Gasteiger partial charge in [0.05, 0.1) is 5.69 Å². The van der Waals surface area contributed by atoms with Crippen LogP contribution in [0.4, 0.5) is 5.69 Å². The highest BCUT2D eigenvalue weighted by Crippen LogP contribution is 2.09. The minimum absolute atomic E-state index is 0.0220. The third kappa shape index (κ3) is 3.89. The van der Waals surface area contributed by atoms with Crippen LogP contribution >= 0.6 is 0 Å². The second-order valence-electron chi connectivity index (χ2n) is 4.30. The van der Waals surface area contributed by atoms with E-state index in [4.69, 9.17) is 5.11 Å². The summed E-state index contributed by atoms with van der Waals surface area (Å²) in [7, 11) is 0. The number of nitrogens with one attached hydrogen (secondary N) is 1. The first-order chi connectivity index (χ1) is 9.17. The summed E-state index contributed by atoms with van der Waals surface area (Å²) < 4.78 is 1.45. The summed E-state index contributed by atoms with van der Waals surface area (Å²) in [5.74, 6) is -0.161. The Hall–Kier alpha value is -2.21. The van der Waals surface area contributed by atoms with E-state index < -0.39 is 0 Å². The molecule has 2 N–H and O–H groups in total. The van der Waals surface area contributed by atoms with Crippen LogP contribution in [0.1, 0.15) is 11.3 Å². The lowest BCUT2D eigenvalue weighted by Crippen LogP contribution is -2.19. The molecule has 0 spiro atoms. The molecule has 0 saturated heterocycles. The Balaban J connectivity index is 1.93. The van der Waals surface area contributed by atoms with E-state index in [1.54, 1.807) is 6.20 Å². The number of anilines is 1. The van der Waals surface area contributed by atoms with Gasteiger partial charge in [0.2, 0.25) is 5.91 Å². The summed E-state index contributed by atoms with van der Waals surface area (Å²) in [5.41, 5.74) is 2.52. The van der Waals surface area contributed by atoms with Crippen LogP contribution in [0.5, 0.6) is 0 Å². The fourth-order valence-electron chi connectivity index (χ4n) is 1.72. The van der Waals surface area contributed by atoms with Crippen molar-refractivity contribution in [1.82, 2.24) is 15.0 Å². The Morgan fingerprint density at radius 2 is 2.32 bits per heavy atom. The largest absolute Gasteiger partial charge is 0.396 e. The smallest absolute Gasteiger partial charge is 0.246 e. The number of carbonyl (C=O) groups excluding carboxylic acids is 1. The maximum Gasteiger partial charge on any atom is 0.246 e. The Morgan fingerprint density at radius 1 is 1.47 bits per heavy atom. The summed E-state index contributed by atoms with van der Waals surface area (Å²) in [6.45, 7) is 2.09. The van der Waals surface area contributed by atoms with E-state index in [1.165, 1.54) is 4.68 Å². The third-order valence-corrected chi connectivity index (χ3v) is 2.56. The number of benzene rings is 1. The molecule has 100 valence electrons. The fraction of sp³-hybridized carbons (Fsp3) is 0.308. The molecule has 0 unspecified atom stereocenters. The van der Waals surface area contributed by atoms with Gasteiger partial charge in [0.15, 0.2) is 0 Å². The number of nitrogens with zero attached hydrogens (tertiary/aromatic N) is 3. The number of rotatable bonds is 5. The maximum absolute atomic E-state index is 11.8. The van der Waals surface area contributed by atoms with Gasteiger partial charge < -0.3 is 10.4 Å². The van der Waals surface area contributed by atoms with E-state index in [0.29, 0.717) is 12.1 Å². The third-order valence-electron chi connectivity index (χ3n) is 2.56. The van der Waals surface area contributed by atoms with E-state index in [1.807, 2.05) is 31.2 Å². The van der Waals surface area contributed by atoms with Crippen LogP contribution in [0.2, 0.25) is 0 Å². The molecule has 6 nitrogen and oxygen atoms in total. The Bertz CT molecular complexity index is 565. The topological polar surface area (TPSA) is 80.0 Å². The second-order valence-corrected chi connectivity index (χ2v) is 4.30. The highest BCUT2D eigenvalue weighted by Gasteiger charge is 2.06. The normalized spacial score (nSPS) is 10.4. The zero-order valence-corrected chi connectivity index (χ0v) is 10.7. The first-order valence-electron chi connectivity index (χ1n) is 6.04. The van der Waals surface area contributed by atoms with Crippen LogP contribution in [-0.2, 0) is 17.8 Å². The summed E-state index contributed by atoms with van der Waals surface area (Å²) in [5, 5.41) is 19.3. The van der Waals surface area contributed by atoms with Gasteiger partial charge in [-0.3, -0.25) is 4.79 Å². The fourth-order valence-corrected chi connectivity index (χ4v) is 1.72. The average molecular weight is 260 g/mol. The van der Waals surface area contributed by atoms with Gasteiger partial charge in [-0.05, 0) is 24.6 Å². The molecule has 1 amide bonds. The van der Waals surface area contributed by atoms with E-state index in [-0.39, 0.29) is 19.1 Å². The van der Waals surface area contributed by atoms with E-state index in [0.717, 1.165) is 11.3 Å². The van der Waals surface area contributed by atoms with Crippen molar-refractivity contribution in [3.8, 4) is 0 Å². The standard InChI is InChI=1S/C13H16N4O2/c1-10-3-2-4-11(7-10)14-13(19)9-17-8-12(5-6-18)15-16-17/h2-4,7-8,18H,5-6,9H2,1H3,(H,14,19). The number of hydrogen-bond acceptors (Lipinski definition) is 4. The summed E-state index contributed by atoms with van der Waals surface area (Å²) in [6.07, 6.45) is 2.10. The van der Waals surface area contributed by atoms with E-state index >= 15 is 0 Å². The molecule has 0 aliphatic carbocycles. The highest BCUT2D eigenvalue weighted by molar-refractivity contribution is 5.90. The van der Waals surface area contributed by atoms with Crippen molar-refractivity contribution in [2.24, 2.45) is 0 Å². The number of hydrogen-bond donors (Lipinski definition) is 2. The molecule has 0 atom stereocenters. The van der Waals surface area contributed by atoms with Gasteiger partial charge in [0.25, 0.3) is 0 Å². The SMILES string of the molecule is Cc1cccc(NC(=O)Cn2cc(CCO)nn2)c1. The molecule has 0 aliphatic rings. The zero-order valence-electron chi connectivity index (χ0n) is 10.7. The van der Waals surface area contributed by atoms with Crippen molar-refractivity contribution < 1.29 is 9.90 Å². The van der Waals surface area contributed by atoms with Crippen molar-refractivity contribution in [1.29, 1.82) is 0 Å². The van der Waals surface area contributed by atoms with Crippen LogP contribution in [0, 0.1) is 6.92 Å². The Morgan fingerprint density at radius 3 is 3.05 bits per heavy atom. The van der Waals surface area contributed by atoms with E-state index in [2.05, 4.69) is 15.6 Å². The molecule has 2 aromatic rings. The average Bonchev–Trinajstić information content (AvgIpc) is 2.77. The molecule has 6 heteroatoms. The number of aliphatic hydroxyl groups excluding tert-OH is 1. The first kappa shape index (κ1) is 13.2. The van der Waals surface area contributed by atoms with Gasteiger partial charge in [-0.1, -0.05) is 17.3 Å². The maximum atomic E-state index is 11.8. The lowest BCUT2D eigenvalue weighted by atomic mass is 10.2. The summed E-state index contributed by atoms with van der Waals surface area (Å²) >= 11 is 0. The molecule has 19 heavy (non-hydrogen) atoms. The van der Waals surface area contributed by atoms with Crippen LogP contribution in [0.15, 0.2) is 30.5 Å². The molecule has 0 bridgehead atoms. The molecule has 1 aromatic heterocycles. The summed E-state index contributed by atoms with van der Waals surface area (Å²) in [6, 6.07) is 7.59. The van der Waals surface area contributed by atoms with Crippen LogP contribution < -0.4 is 5.32 Å². The molecule has 0 fully saturated rings. The molecule has 0 aliphatic heterocycles. The predicted molar refractivity (Wildman–Crippen MR) is 70.6 cm³/mol. The number of aryl methyl sites for hydroxylation is 1. The monoisotopic (exact) mass is 260 g/mol. The van der Waals surface area contributed by atoms with Crippen molar-refractivity contribution in [3.05, 3.63) is 41.7 Å². The molecule has 1 heterocycles. The quantitative estimate of drug-likeness (QED) is 0.831. The van der Waals surface area contributed by atoms with Gasteiger partial charge in [-0.25, -0.2) is 4.68 Å². The zero-order chi connectivity index (χ0) is 13.7. The molecule has 0 saturated carbocycles. The molecule has 2 rings (SSSR count). The van der Waals surface area contributed by atoms with Gasteiger partial charge in [0, 0.05) is 24.9 Å². The van der Waals surface area contributed by atoms with Gasteiger partial charge in [-0.2, -0.15) is 0 Å². The van der Waals surface area contributed by atoms with Crippen molar-refractivity contribution >= 4 is 11.6 Å². The van der Waals surface area contributed by atoms with Gasteiger partial charge in [-0.15, -0.1) is 5.10 Å². The Kier molecular flexibility index (Phi) is 4.25. The van der Waals surface area contributed by atoms with E-state index in [9.17, 15) is 4.79 Å². The van der Waals surface area contributed by atoms with Crippen LogP contribution in [0.3, 0.4) is 0 Å². The second kappa shape index (κ2) is 6.10. The number of aliphatic hydroxyl groups is 1. The number of amides is 1. The molecular weight excluding hydrogens is 244 g/mol.